The molecule has 0 aliphatic rings. The molecule has 1 atom stereocenters. The SMILES string of the molecule is CC(C)(C)NCCC(=O)NCC[C@H](O)C(=O)O. The van der Waals surface area contributed by atoms with Crippen molar-refractivity contribution in [3.05, 3.63) is 0 Å². The van der Waals surface area contributed by atoms with E-state index in [1.54, 1.807) is 0 Å². The van der Waals surface area contributed by atoms with Gasteiger partial charge >= 0.3 is 5.97 Å². The standard InChI is InChI=1S/C11H22N2O4/c1-11(2,3)13-7-5-9(15)12-6-4-8(14)10(16)17/h8,13-14H,4-7H2,1-3H3,(H,12,15)(H,16,17)/t8-/m0/s1. The predicted octanol–water partition coefficient (Wildman–Crippen LogP) is -0.284. The van der Waals surface area contributed by atoms with Crippen LogP contribution in [0.15, 0.2) is 0 Å². The summed E-state index contributed by atoms with van der Waals surface area (Å²) in [6.45, 7) is 6.76. The van der Waals surface area contributed by atoms with Gasteiger partial charge in [0.25, 0.3) is 0 Å². The second kappa shape index (κ2) is 7.24. The van der Waals surface area contributed by atoms with Crippen molar-refractivity contribution in [3.8, 4) is 0 Å². The van der Waals surface area contributed by atoms with Crippen molar-refractivity contribution in [2.75, 3.05) is 13.1 Å². The Hall–Kier alpha value is -1.14. The molecule has 6 nitrogen and oxygen atoms in total. The smallest absolute Gasteiger partial charge is 0.332 e. The molecule has 0 unspecified atom stereocenters. The highest BCUT2D eigenvalue weighted by Crippen LogP contribution is 1.97. The number of aliphatic hydroxyl groups excluding tert-OH is 1. The Morgan fingerprint density at radius 3 is 2.29 bits per heavy atom. The molecular weight excluding hydrogens is 224 g/mol. The molecule has 4 N–H and O–H groups in total. The molecule has 0 bridgehead atoms. The van der Waals surface area contributed by atoms with Crippen molar-refractivity contribution < 1.29 is 19.8 Å². The molecule has 0 rings (SSSR count). The van der Waals surface area contributed by atoms with Crippen LogP contribution in [0.5, 0.6) is 0 Å². The van der Waals surface area contributed by atoms with Crippen molar-refractivity contribution in [3.63, 3.8) is 0 Å². The van der Waals surface area contributed by atoms with Gasteiger partial charge in [0.2, 0.25) is 5.91 Å². The molecule has 0 radical (unpaired) electrons. The number of rotatable bonds is 7. The number of hydrogen-bond donors (Lipinski definition) is 4. The number of aliphatic carboxylic acids is 1. The molecule has 0 saturated carbocycles. The lowest BCUT2D eigenvalue weighted by molar-refractivity contribution is -0.147. The van der Waals surface area contributed by atoms with Crippen LogP contribution in [0.1, 0.15) is 33.6 Å². The molecule has 0 aliphatic heterocycles. The van der Waals surface area contributed by atoms with Gasteiger partial charge in [-0.2, -0.15) is 0 Å². The molecular formula is C11H22N2O4. The monoisotopic (exact) mass is 246 g/mol. The van der Waals surface area contributed by atoms with Gasteiger partial charge in [0.1, 0.15) is 0 Å². The number of carbonyl (C=O) groups is 2. The quantitative estimate of drug-likeness (QED) is 0.495. The van der Waals surface area contributed by atoms with Crippen LogP contribution in [0, 0.1) is 0 Å². The number of carboxylic acid groups (broad SMARTS) is 1. The zero-order chi connectivity index (χ0) is 13.5. The Kier molecular flexibility index (Phi) is 6.75. The third-order valence-corrected chi connectivity index (χ3v) is 2.03. The number of carboxylic acids is 1. The molecule has 1 amide bonds. The molecule has 100 valence electrons. The van der Waals surface area contributed by atoms with Crippen LogP contribution in [-0.2, 0) is 9.59 Å². The van der Waals surface area contributed by atoms with Crippen LogP contribution in [0.4, 0.5) is 0 Å². The van der Waals surface area contributed by atoms with Crippen LogP contribution in [0.2, 0.25) is 0 Å². The molecule has 0 aromatic heterocycles. The zero-order valence-electron chi connectivity index (χ0n) is 10.6. The summed E-state index contributed by atoms with van der Waals surface area (Å²) < 4.78 is 0. The summed E-state index contributed by atoms with van der Waals surface area (Å²) in [5.74, 6) is -1.42. The van der Waals surface area contributed by atoms with Gasteiger partial charge in [-0.15, -0.1) is 0 Å². The van der Waals surface area contributed by atoms with Crippen LogP contribution in [-0.4, -0.2) is 46.8 Å². The minimum Gasteiger partial charge on any atom is -0.479 e. The van der Waals surface area contributed by atoms with E-state index in [4.69, 9.17) is 10.2 Å². The Labute approximate surface area is 101 Å². The Morgan fingerprint density at radius 2 is 1.82 bits per heavy atom. The van der Waals surface area contributed by atoms with Crippen LogP contribution in [0.3, 0.4) is 0 Å². The number of aliphatic hydroxyl groups is 1. The summed E-state index contributed by atoms with van der Waals surface area (Å²) in [7, 11) is 0. The molecule has 6 heteroatoms. The second-order valence-corrected chi connectivity index (χ2v) is 4.92. The first-order chi connectivity index (χ1) is 7.72. The van der Waals surface area contributed by atoms with Crippen molar-refractivity contribution in [1.82, 2.24) is 10.6 Å². The van der Waals surface area contributed by atoms with Crippen LogP contribution >= 0.6 is 0 Å². The van der Waals surface area contributed by atoms with Gasteiger partial charge in [-0.3, -0.25) is 4.79 Å². The zero-order valence-corrected chi connectivity index (χ0v) is 10.6. The maximum atomic E-state index is 11.3. The van der Waals surface area contributed by atoms with Gasteiger partial charge in [-0.1, -0.05) is 0 Å². The molecule has 0 fully saturated rings. The first-order valence-corrected chi connectivity index (χ1v) is 5.65. The molecule has 0 heterocycles. The van der Waals surface area contributed by atoms with Gasteiger partial charge < -0.3 is 20.8 Å². The van der Waals surface area contributed by atoms with Crippen molar-refractivity contribution in [2.45, 2.75) is 45.3 Å². The average molecular weight is 246 g/mol. The van der Waals surface area contributed by atoms with Gasteiger partial charge in [-0.25, -0.2) is 4.79 Å². The third kappa shape index (κ3) is 9.77. The molecule has 0 spiro atoms. The van der Waals surface area contributed by atoms with E-state index in [0.29, 0.717) is 13.0 Å². The summed E-state index contributed by atoms with van der Waals surface area (Å²) in [4.78, 5) is 21.6. The van der Waals surface area contributed by atoms with Crippen molar-refractivity contribution in [2.24, 2.45) is 0 Å². The van der Waals surface area contributed by atoms with E-state index in [0.717, 1.165) is 0 Å². The van der Waals surface area contributed by atoms with E-state index in [1.165, 1.54) is 0 Å². The summed E-state index contributed by atoms with van der Waals surface area (Å²) >= 11 is 0. The molecule has 0 aliphatic carbocycles. The lowest BCUT2D eigenvalue weighted by Gasteiger charge is -2.20. The predicted molar refractivity (Wildman–Crippen MR) is 63.6 cm³/mol. The topological polar surface area (TPSA) is 98.7 Å². The maximum absolute atomic E-state index is 11.3. The molecule has 0 aromatic rings. The van der Waals surface area contributed by atoms with Crippen molar-refractivity contribution >= 4 is 11.9 Å². The number of nitrogens with one attached hydrogen (secondary N) is 2. The highest BCUT2D eigenvalue weighted by Gasteiger charge is 2.13. The fourth-order valence-corrected chi connectivity index (χ4v) is 1.11. The van der Waals surface area contributed by atoms with E-state index >= 15 is 0 Å². The van der Waals surface area contributed by atoms with E-state index in [2.05, 4.69) is 10.6 Å². The maximum Gasteiger partial charge on any atom is 0.332 e. The number of carbonyl (C=O) groups excluding carboxylic acids is 1. The van der Waals surface area contributed by atoms with Crippen molar-refractivity contribution in [1.29, 1.82) is 0 Å². The first-order valence-electron chi connectivity index (χ1n) is 5.65. The van der Waals surface area contributed by atoms with Gasteiger partial charge in [-0.05, 0) is 20.8 Å². The Balaban J connectivity index is 3.57. The Bertz CT molecular complexity index is 261. The molecule has 0 saturated heterocycles. The summed E-state index contributed by atoms with van der Waals surface area (Å²) in [5, 5.41) is 23.1. The summed E-state index contributed by atoms with van der Waals surface area (Å²) in [6.07, 6.45) is -1.06. The minimum absolute atomic E-state index is 0.0216. The lowest BCUT2D eigenvalue weighted by Crippen LogP contribution is -2.39. The fraction of sp³-hybridized carbons (Fsp3) is 0.818. The van der Waals surface area contributed by atoms with Crippen LogP contribution in [0.25, 0.3) is 0 Å². The fourth-order valence-electron chi connectivity index (χ4n) is 1.11. The van der Waals surface area contributed by atoms with Gasteiger partial charge in [0, 0.05) is 31.5 Å². The molecule has 0 aromatic carbocycles. The van der Waals surface area contributed by atoms with Gasteiger partial charge in [0.05, 0.1) is 0 Å². The largest absolute Gasteiger partial charge is 0.479 e. The van der Waals surface area contributed by atoms with E-state index in [9.17, 15) is 9.59 Å². The first kappa shape index (κ1) is 15.9. The second-order valence-electron chi connectivity index (χ2n) is 4.92. The van der Waals surface area contributed by atoms with E-state index < -0.39 is 12.1 Å². The number of amides is 1. The normalized spacial score (nSPS) is 13.2. The van der Waals surface area contributed by atoms with Gasteiger partial charge in [0.15, 0.2) is 6.10 Å². The highest BCUT2D eigenvalue weighted by atomic mass is 16.4. The number of hydrogen-bond acceptors (Lipinski definition) is 4. The highest BCUT2D eigenvalue weighted by molar-refractivity contribution is 5.76. The summed E-state index contributed by atoms with van der Waals surface area (Å²) in [5.41, 5.74) is -0.0280. The van der Waals surface area contributed by atoms with E-state index in [-0.39, 0.29) is 24.4 Å². The van der Waals surface area contributed by atoms with Crippen LogP contribution < -0.4 is 10.6 Å². The van der Waals surface area contributed by atoms with E-state index in [1.807, 2.05) is 20.8 Å². The molecule has 17 heavy (non-hydrogen) atoms. The Morgan fingerprint density at radius 1 is 1.24 bits per heavy atom. The lowest BCUT2D eigenvalue weighted by atomic mass is 10.1. The summed E-state index contributed by atoms with van der Waals surface area (Å²) in [6, 6.07) is 0. The third-order valence-electron chi connectivity index (χ3n) is 2.03. The average Bonchev–Trinajstić information content (AvgIpc) is 2.15. The minimum atomic E-state index is -1.41.